The zero-order chi connectivity index (χ0) is 23.4. The molecule has 3 aromatic rings. The normalized spacial score (nSPS) is 16.3. The van der Waals surface area contributed by atoms with E-state index in [9.17, 15) is 14.9 Å². The van der Waals surface area contributed by atoms with Crippen molar-refractivity contribution >= 4 is 17.0 Å². The van der Waals surface area contributed by atoms with Crippen LogP contribution < -0.4 is 16.8 Å². The van der Waals surface area contributed by atoms with Gasteiger partial charge in [0.2, 0.25) is 5.91 Å². The minimum atomic E-state index is -0.598. The highest BCUT2D eigenvalue weighted by molar-refractivity contribution is 5.80. The fourth-order valence-corrected chi connectivity index (χ4v) is 4.70. The molecule has 1 amide bonds. The maximum absolute atomic E-state index is 12.5. The number of carbonyl (C=O) groups is 1. The molecule has 2 aromatic carbocycles. The summed E-state index contributed by atoms with van der Waals surface area (Å²) in [7, 11) is 1.68. The predicted molar refractivity (Wildman–Crippen MR) is 127 cm³/mol. The number of nitrogens with two attached hydrogens (primary N) is 1. The molecule has 1 unspecified atom stereocenters. The molecule has 0 saturated heterocycles. The average molecular weight is 447 g/mol. The van der Waals surface area contributed by atoms with Gasteiger partial charge in [0, 0.05) is 25.9 Å². The van der Waals surface area contributed by atoms with Crippen molar-refractivity contribution in [2.75, 3.05) is 0 Å². The van der Waals surface area contributed by atoms with Crippen molar-refractivity contribution in [1.82, 2.24) is 9.88 Å². The summed E-state index contributed by atoms with van der Waals surface area (Å²) in [5, 5.41) is 12.4. The third-order valence-corrected chi connectivity index (χ3v) is 6.69. The SMILES string of the molecule is Cn1c(=O)oc2ccc(-c3ccc(C[C@@H](C#N)NC(=O)CC(N)C4CCCCC4)cc3)cc21. The largest absolute Gasteiger partial charge is 0.419 e. The minimum absolute atomic E-state index is 0.143. The van der Waals surface area contributed by atoms with E-state index in [4.69, 9.17) is 10.2 Å². The van der Waals surface area contributed by atoms with Crippen LogP contribution in [0.4, 0.5) is 0 Å². The van der Waals surface area contributed by atoms with Gasteiger partial charge in [0.15, 0.2) is 5.58 Å². The standard InChI is InChI=1S/C26H30N4O3/c1-30-23-14-20(11-12-24(23)33-26(30)32)18-9-7-17(8-10-18)13-21(16-27)29-25(31)15-22(28)19-5-3-2-4-6-19/h7-12,14,19,21-22H,2-6,13,15,28H2,1H3,(H,29,31)/t21-,22?/m0/s1. The Morgan fingerprint density at radius 3 is 2.58 bits per heavy atom. The first kappa shape index (κ1) is 22.8. The molecule has 3 N–H and O–H groups in total. The molecular formula is C26H30N4O3. The van der Waals surface area contributed by atoms with E-state index < -0.39 is 6.04 Å². The summed E-state index contributed by atoms with van der Waals surface area (Å²) in [5.41, 5.74) is 10.5. The maximum atomic E-state index is 12.5. The third-order valence-electron chi connectivity index (χ3n) is 6.69. The number of aromatic nitrogens is 1. The van der Waals surface area contributed by atoms with Crippen LogP contribution in [-0.4, -0.2) is 22.6 Å². The van der Waals surface area contributed by atoms with Crippen LogP contribution in [0.25, 0.3) is 22.2 Å². The lowest BCUT2D eigenvalue weighted by Crippen LogP contribution is -2.41. The predicted octanol–water partition coefficient (Wildman–Crippen LogP) is 3.65. The molecule has 0 radical (unpaired) electrons. The maximum Gasteiger partial charge on any atom is 0.419 e. The Kier molecular flexibility index (Phi) is 6.95. The van der Waals surface area contributed by atoms with Crippen LogP contribution >= 0.6 is 0 Å². The van der Waals surface area contributed by atoms with Crippen LogP contribution in [0.3, 0.4) is 0 Å². The van der Waals surface area contributed by atoms with Crippen molar-refractivity contribution < 1.29 is 9.21 Å². The van der Waals surface area contributed by atoms with E-state index in [1.165, 1.54) is 23.8 Å². The number of nitrogens with zero attached hydrogens (tertiary/aromatic N) is 2. The molecule has 1 fully saturated rings. The Morgan fingerprint density at radius 1 is 1.18 bits per heavy atom. The Bertz CT molecular complexity index is 1210. The Hall–Kier alpha value is -3.37. The number of hydrogen-bond acceptors (Lipinski definition) is 5. The molecule has 0 spiro atoms. The Balaban J connectivity index is 1.37. The second kappa shape index (κ2) is 10.1. The molecule has 1 aliphatic carbocycles. The van der Waals surface area contributed by atoms with E-state index in [-0.39, 0.29) is 24.1 Å². The van der Waals surface area contributed by atoms with Crippen molar-refractivity contribution in [3.8, 4) is 17.2 Å². The van der Waals surface area contributed by atoms with Gasteiger partial charge in [-0.1, -0.05) is 49.6 Å². The highest BCUT2D eigenvalue weighted by atomic mass is 16.4. The zero-order valence-corrected chi connectivity index (χ0v) is 18.9. The number of amides is 1. The molecule has 0 bridgehead atoms. The topological polar surface area (TPSA) is 114 Å². The van der Waals surface area contributed by atoms with Crippen LogP contribution in [-0.2, 0) is 18.3 Å². The number of nitrogens with one attached hydrogen (secondary N) is 1. The van der Waals surface area contributed by atoms with Gasteiger partial charge in [-0.3, -0.25) is 9.36 Å². The third kappa shape index (κ3) is 5.35. The van der Waals surface area contributed by atoms with Crippen molar-refractivity contribution in [3.05, 3.63) is 58.6 Å². The Labute approximate surface area is 193 Å². The van der Waals surface area contributed by atoms with Gasteiger partial charge in [-0.05, 0) is 47.6 Å². The number of nitriles is 1. The van der Waals surface area contributed by atoms with Gasteiger partial charge in [0.25, 0.3) is 0 Å². The van der Waals surface area contributed by atoms with Gasteiger partial charge < -0.3 is 15.5 Å². The van der Waals surface area contributed by atoms with Crippen LogP contribution in [0.5, 0.6) is 0 Å². The van der Waals surface area contributed by atoms with E-state index in [0.29, 0.717) is 17.9 Å². The molecule has 4 rings (SSSR count). The fraction of sp³-hybridized carbons (Fsp3) is 0.423. The smallest absolute Gasteiger partial charge is 0.408 e. The van der Waals surface area contributed by atoms with Gasteiger partial charge in [0.05, 0.1) is 11.6 Å². The molecule has 7 heteroatoms. The lowest BCUT2D eigenvalue weighted by molar-refractivity contribution is -0.122. The second-order valence-electron chi connectivity index (χ2n) is 9.03. The second-order valence-corrected chi connectivity index (χ2v) is 9.03. The van der Waals surface area contributed by atoms with Gasteiger partial charge >= 0.3 is 5.76 Å². The van der Waals surface area contributed by atoms with E-state index in [2.05, 4.69) is 11.4 Å². The highest BCUT2D eigenvalue weighted by Gasteiger charge is 2.23. The van der Waals surface area contributed by atoms with Crippen molar-refractivity contribution in [2.24, 2.45) is 18.7 Å². The van der Waals surface area contributed by atoms with E-state index in [1.54, 1.807) is 13.1 Å². The minimum Gasteiger partial charge on any atom is -0.408 e. The number of carbonyl (C=O) groups excluding carboxylic acids is 1. The van der Waals surface area contributed by atoms with Crippen molar-refractivity contribution in [3.63, 3.8) is 0 Å². The average Bonchev–Trinajstić information content (AvgIpc) is 3.12. The lowest BCUT2D eigenvalue weighted by Gasteiger charge is -2.27. The van der Waals surface area contributed by atoms with Gasteiger partial charge in [-0.2, -0.15) is 5.26 Å². The number of oxazole rings is 1. The molecule has 33 heavy (non-hydrogen) atoms. The van der Waals surface area contributed by atoms with E-state index in [1.807, 2.05) is 36.4 Å². The number of fused-ring (bicyclic) bond motifs is 1. The summed E-state index contributed by atoms with van der Waals surface area (Å²) in [6, 6.07) is 14.9. The molecule has 2 atom stereocenters. The monoisotopic (exact) mass is 446 g/mol. The van der Waals surface area contributed by atoms with Crippen LogP contribution in [0.1, 0.15) is 44.1 Å². The summed E-state index contributed by atoms with van der Waals surface area (Å²) in [4.78, 5) is 24.2. The van der Waals surface area contributed by atoms with Crippen LogP contribution in [0.2, 0.25) is 0 Å². The van der Waals surface area contributed by atoms with Crippen LogP contribution in [0.15, 0.2) is 51.7 Å². The Morgan fingerprint density at radius 2 is 1.88 bits per heavy atom. The summed E-state index contributed by atoms with van der Waals surface area (Å²) < 4.78 is 6.67. The molecule has 1 saturated carbocycles. The molecule has 1 heterocycles. The van der Waals surface area contributed by atoms with Crippen molar-refractivity contribution in [1.29, 1.82) is 5.26 Å². The zero-order valence-electron chi connectivity index (χ0n) is 18.9. The lowest BCUT2D eigenvalue weighted by atomic mass is 9.83. The quantitative estimate of drug-likeness (QED) is 0.575. The molecule has 1 aromatic heterocycles. The molecule has 0 aliphatic heterocycles. The number of rotatable bonds is 7. The molecular weight excluding hydrogens is 416 g/mol. The number of hydrogen-bond donors (Lipinski definition) is 2. The van der Waals surface area contributed by atoms with Gasteiger partial charge in [-0.25, -0.2) is 4.79 Å². The molecule has 172 valence electrons. The first-order valence-corrected chi connectivity index (χ1v) is 11.6. The number of aryl methyl sites for hydroxylation is 1. The number of benzene rings is 2. The first-order valence-electron chi connectivity index (χ1n) is 11.6. The van der Waals surface area contributed by atoms with E-state index in [0.717, 1.165) is 35.0 Å². The first-order chi connectivity index (χ1) is 15.9. The summed E-state index contributed by atoms with van der Waals surface area (Å²) in [6.45, 7) is 0. The van der Waals surface area contributed by atoms with Gasteiger partial charge in [-0.15, -0.1) is 0 Å². The van der Waals surface area contributed by atoms with Gasteiger partial charge in [0.1, 0.15) is 6.04 Å². The van der Waals surface area contributed by atoms with Crippen LogP contribution in [0, 0.1) is 17.2 Å². The molecule has 7 nitrogen and oxygen atoms in total. The summed E-state index contributed by atoms with van der Waals surface area (Å²) in [6.07, 6.45) is 6.49. The van der Waals surface area contributed by atoms with Crippen molar-refractivity contribution in [2.45, 2.75) is 57.0 Å². The highest BCUT2D eigenvalue weighted by Crippen LogP contribution is 2.27. The molecule has 1 aliphatic rings. The van der Waals surface area contributed by atoms with E-state index >= 15 is 0 Å². The summed E-state index contributed by atoms with van der Waals surface area (Å²) >= 11 is 0. The fourth-order valence-electron chi connectivity index (χ4n) is 4.70. The summed E-state index contributed by atoms with van der Waals surface area (Å²) in [5.74, 6) is -0.140.